The summed E-state index contributed by atoms with van der Waals surface area (Å²) in [5.41, 5.74) is 5.32. The predicted molar refractivity (Wildman–Crippen MR) is 54.2 cm³/mol. The summed E-state index contributed by atoms with van der Waals surface area (Å²) in [7, 11) is 0. The number of aliphatic hydroxyl groups excluding tert-OH is 1. The van der Waals surface area contributed by atoms with E-state index in [4.69, 9.17) is 5.73 Å². The van der Waals surface area contributed by atoms with Crippen LogP contribution in [0.2, 0.25) is 0 Å². The van der Waals surface area contributed by atoms with Gasteiger partial charge in [-0.2, -0.15) is 0 Å². The third-order valence-corrected chi connectivity index (χ3v) is 2.38. The van der Waals surface area contributed by atoms with Gasteiger partial charge < -0.3 is 10.8 Å². The van der Waals surface area contributed by atoms with Crippen LogP contribution >= 0.6 is 0 Å². The second-order valence-corrected chi connectivity index (χ2v) is 3.56. The molecule has 0 saturated carbocycles. The summed E-state index contributed by atoms with van der Waals surface area (Å²) in [6.45, 7) is 1.86. The van der Waals surface area contributed by atoms with Crippen molar-refractivity contribution in [1.29, 1.82) is 0 Å². The van der Waals surface area contributed by atoms with E-state index in [1.54, 1.807) is 0 Å². The summed E-state index contributed by atoms with van der Waals surface area (Å²) in [6.07, 6.45) is -0.359. The first-order valence-electron chi connectivity index (χ1n) is 4.93. The molecule has 0 saturated heterocycles. The number of hydrogen-bond acceptors (Lipinski definition) is 2. The zero-order chi connectivity index (χ0) is 11.4. The van der Waals surface area contributed by atoms with Gasteiger partial charge in [-0.3, -0.25) is 0 Å². The second-order valence-electron chi connectivity index (χ2n) is 3.56. The molecule has 0 heterocycles. The molecule has 2 nitrogen and oxygen atoms in total. The van der Waals surface area contributed by atoms with E-state index in [0.717, 1.165) is 12.1 Å². The average Bonchev–Trinajstić information content (AvgIpc) is 2.17. The summed E-state index contributed by atoms with van der Waals surface area (Å²) in [5.74, 6) is -1.46. The molecular formula is C11H15F2NO. The number of aliphatic hydroxyl groups is 1. The Morgan fingerprint density at radius 3 is 2.33 bits per heavy atom. The van der Waals surface area contributed by atoms with Crippen molar-refractivity contribution in [2.45, 2.75) is 31.9 Å². The Balaban J connectivity index is 2.86. The summed E-state index contributed by atoms with van der Waals surface area (Å²) >= 11 is 0. The fourth-order valence-corrected chi connectivity index (χ4v) is 1.40. The second kappa shape index (κ2) is 5.19. The molecule has 1 aromatic carbocycles. The molecule has 0 aromatic heterocycles. The molecular weight excluding hydrogens is 200 g/mol. The Kier molecular flexibility index (Phi) is 4.17. The summed E-state index contributed by atoms with van der Waals surface area (Å²) in [4.78, 5) is 0. The number of nitrogens with two attached hydrogens (primary N) is 1. The lowest BCUT2D eigenvalue weighted by atomic mass is 10.0. The average molecular weight is 215 g/mol. The Morgan fingerprint density at radius 1 is 1.33 bits per heavy atom. The first-order valence-corrected chi connectivity index (χ1v) is 4.93. The maximum Gasteiger partial charge on any atom is 0.131 e. The van der Waals surface area contributed by atoms with Gasteiger partial charge in [0.2, 0.25) is 0 Å². The van der Waals surface area contributed by atoms with Crippen LogP contribution in [0.4, 0.5) is 8.78 Å². The van der Waals surface area contributed by atoms with Gasteiger partial charge in [0.05, 0.1) is 11.7 Å². The normalized spacial score (nSPS) is 15.0. The number of halogens is 2. The topological polar surface area (TPSA) is 46.2 Å². The zero-order valence-electron chi connectivity index (χ0n) is 8.58. The van der Waals surface area contributed by atoms with E-state index in [0.29, 0.717) is 6.42 Å². The van der Waals surface area contributed by atoms with Gasteiger partial charge in [0.25, 0.3) is 0 Å². The van der Waals surface area contributed by atoms with Crippen molar-refractivity contribution in [2.75, 3.05) is 0 Å². The van der Waals surface area contributed by atoms with E-state index in [2.05, 4.69) is 0 Å². The molecule has 2 atom stereocenters. The third kappa shape index (κ3) is 2.97. The van der Waals surface area contributed by atoms with Gasteiger partial charge in [0.1, 0.15) is 11.6 Å². The molecule has 0 amide bonds. The van der Waals surface area contributed by atoms with Crippen LogP contribution in [-0.4, -0.2) is 11.1 Å². The molecule has 3 N–H and O–H groups in total. The van der Waals surface area contributed by atoms with Gasteiger partial charge in [0.15, 0.2) is 0 Å². The largest absolute Gasteiger partial charge is 0.388 e. The fraction of sp³-hybridized carbons (Fsp3) is 0.455. The Morgan fingerprint density at radius 2 is 1.87 bits per heavy atom. The van der Waals surface area contributed by atoms with Crippen molar-refractivity contribution < 1.29 is 13.9 Å². The molecule has 0 aliphatic carbocycles. The minimum Gasteiger partial charge on any atom is -0.388 e. The van der Waals surface area contributed by atoms with Crippen LogP contribution in [0.1, 0.15) is 31.4 Å². The van der Waals surface area contributed by atoms with Crippen molar-refractivity contribution in [3.8, 4) is 0 Å². The third-order valence-electron chi connectivity index (χ3n) is 2.38. The first-order chi connectivity index (χ1) is 7.06. The molecule has 4 heteroatoms. The molecule has 0 fully saturated rings. The molecule has 0 radical (unpaired) electrons. The van der Waals surface area contributed by atoms with Gasteiger partial charge in [0, 0.05) is 6.04 Å². The van der Waals surface area contributed by atoms with Crippen LogP contribution in [0.15, 0.2) is 18.2 Å². The van der Waals surface area contributed by atoms with Crippen molar-refractivity contribution in [3.05, 3.63) is 35.4 Å². The molecule has 0 spiro atoms. The first kappa shape index (κ1) is 12.1. The van der Waals surface area contributed by atoms with Gasteiger partial charge in [-0.05, 0) is 25.0 Å². The van der Waals surface area contributed by atoms with Crippen LogP contribution in [0.5, 0.6) is 0 Å². The monoisotopic (exact) mass is 215 g/mol. The van der Waals surface area contributed by atoms with Gasteiger partial charge >= 0.3 is 0 Å². The van der Waals surface area contributed by atoms with Crippen LogP contribution in [-0.2, 0) is 0 Å². The van der Waals surface area contributed by atoms with Crippen molar-refractivity contribution in [2.24, 2.45) is 5.73 Å². The zero-order valence-corrected chi connectivity index (χ0v) is 8.58. The van der Waals surface area contributed by atoms with Crippen LogP contribution in [0.25, 0.3) is 0 Å². The number of benzene rings is 1. The molecule has 2 unspecified atom stereocenters. The lowest BCUT2D eigenvalue weighted by molar-refractivity contribution is 0.148. The predicted octanol–water partition coefficient (Wildman–Crippen LogP) is 2.13. The molecule has 1 rings (SSSR count). The number of rotatable bonds is 4. The molecule has 0 bridgehead atoms. The minimum absolute atomic E-state index is 0.161. The van der Waals surface area contributed by atoms with E-state index < -0.39 is 17.7 Å². The van der Waals surface area contributed by atoms with Gasteiger partial charge in [-0.1, -0.05) is 13.0 Å². The van der Waals surface area contributed by atoms with Gasteiger partial charge in [-0.15, -0.1) is 0 Å². The molecule has 0 aliphatic heterocycles. The molecule has 0 aliphatic rings. The maximum absolute atomic E-state index is 13.2. The highest BCUT2D eigenvalue weighted by atomic mass is 19.1. The Labute approximate surface area is 87.7 Å². The van der Waals surface area contributed by atoms with Crippen molar-refractivity contribution in [3.63, 3.8) is 0 Å². The van der Waals surface area contributed by atoms with Gasteiger partial charge in [-0.25, -0.2) is 8.78 Å². The lowest BCUT2D eigenvalue weighted by Gasteiger charge is -2.16. The van der Waals surface area contributed by atoms with E-state index >= 15 is 0 Å². The lowest BCUT2D eigenvalue weighted by Crippen LogP contribution is -2.22. The van der Waals surface area contributed by atoms with Crippen LogP contribution in [0.3, 0.4) is 0 Å². The fourth-order valence-electron chi connectivity index (χ4n) is 1.40. The summed E-state index contributed by atoms with van der Waals surface area (Å²) in [5, 5.41) is 9.62. The highest BCUT2D eigenvalue weighted by molar-refractivity contribution is 5.22. The minimum atomic E-state index is -1.18. The Hall–Kier alpha value is -1.00. The smallest absolute Gasteiger partial charge is 0.131 e. The highest BCUT2D eigenvalue weighted by Crippen LogP contribution is 2.24. The summed E-state index contributed by atoms with van der Waals surface area (Å²) in [6, 6.07) is 3.26. The molecule has 15 heavy (non-hydrogen) atoms. The highest BCUT2D eigenvalue weighted by Gasteiger charge is 2.19. The van der Waals surface area contributed by atoms with Crippen LogP contribution < -0.4 is 5.73 Å². The van der Waals surface area contributed by atoms with Crippen molar-refractivity contribution >= 4 is 0 Å². The summed E-state index contributed by atoms with van der Waals surface area (Å²) < 4.78 is 26.4. The van der Waals surface area contributed by atoms with Crippen LogP contribution in [0, 0.1) is 11.6 Å². The van der Waals surface area contributed by atoms with E-state index in [-0.39, 0.29) is 18.0 Å². The molecule has 1 aromatic rings. The Bertz CT molecular complexity index is 310. The van der Waals surface area contributed by atoms with E-state index in [1.165, 1.54) is 6.07 Å². The standard InChI is InChI=1S/C11H15F2NO/c1-2-7(14)6-10(15)11-8(12)4-3-5-9(11)13/h3-5,7,10,15H,2,6,14H2,1H3. The quantitative estimate of drug-likeness (QED) is 0.808. The number of hydrogen-bond donors (Lipinski definition) is 2. The molecule has 84 valence electrons. The van der Waals surface area contributed by atoms with Crippen molar-refractivity contribution in [1.82, 2.24) is 0 Å². The maximum atomic E-state index is 13.2. The SMILES string of the molecule is CCC(N)CC(O)c1c(F)cccc1F. The van der Waals surface area contributed by atoms with E-state index in [1.807, 2.05) is 6.92 Å². The van der Waals surface area contributed by atoms with E-state index in [9.17, 15) is 13.9 Å².